The molecule has 1 atom stereocenters. The minimum absolute atomic E-state index is 0. The third-order valence-electron chi connectivity index (χ3n) is 3.47. The molecule has 20 heavy (non-hydrogen) atoms. The van der Waals surface area contributed by atoms with Crippen LogP contribution in [0.1, 0.15) is 24.0 Å². The summed E-state index contributed by atoms with van der Waals surface area (Å²) < 4.78 is 0. The molecule has 2 rings (SSSR count). The second kappa shape index (κ2) is 9.19. The molecule has 0 saturated carbocycles. The third-order valence-corrected chi connectivity index (χ3v) is 3.47. The molecule has 1 aromatic rings. The van der Waals surface area contributed by atoms with Crippen molar-refractivity contribution >= 4 is 30.8 Å². The molecule has 0 bridgehead atoms. The normalized spacial score (nSPS) is 16.6. The molecule has 114 valence electrons. The molecule has 1 fully saturated rings. The fourth-order valence-corrected chi connectivity index (χ4v) is 2.18. The Labute approximate surface area is 132 Å². The summed E-state index contributed by atoms with van der Waals surface area (Å²) >= 11 is 0. The Morgan fingerprint density at radius 1 is 1.25 bits per heavy atom. The number of halogens is 2. The average Bonchev–Trinajstić information content (AvgIpc) is 2.40. The van der Waals surface area contributed by atoms with Crippen LogP contribution in [-0.2, 0) is 11.3 Å². The molecule has 1 heterocycles. The molecule has 4 nitrogen and oxygen atoms in total. The van der Waals surface area contributed by atoms with Crippen LogP contribution in [0.25, 0.3) is 0 Å². The fourth-order valence-electron chi connectivity index (χ4n) is 2.18. The number of aliphatic carboxylic acids is 1. The topological polar surface area (TPSA) is 52.6 Å². The maximum Gasteiger partial charge on any atom is 0.310 e. The maximum absolute atomic E-state index is 10.9. The van der Waals surface area contributed by atoms with Gasteiger partial charge in [0.2, 0.25) is 0 Å². The third kappa shape index (κ3) is 5.29. The zero-order valence-corrected chi connectivity index (χ0v) is 13.2. The van der Waals surface area contributed by atoms with E-state index in [9.17, 15) is 4.79 Å². The molecule has 0 radical (unpaired) electrons. The first-order valence-corrected chi connectivity index (χ1v) is 6.41. The van der Waals surface area contributed by atoms with Crippen LogP contribution in [0.2, 0.25) is 0 Å². The minimum Gasteiger partial charge on any atom is -0.481 e. The highest BCUT2D eigenvalue weighted by atomic mass is 35.5. The van der Waals surface area contributed by atoms with Crippen LogP contribution < -0.4 is 5.32 Å². The van der Waals surface area contributed by atoms with Crippen molar-refractivity contribution in [2.45, 2.75) is 19.4 Å². The van der Waals surface area contributed by atoms with E-state index in [-0.39, 0.29) is 24.8 Å². The maximum atomic E-state index is 10.9. The van der Waals surface area contributed by atoms with Gasteiger partial charge in [0.05, 0.1) is 5.92 Å². The number of rotatable bonds is 4. The van der Waals surface area contributed by atoms with Gasteiger partial charge in [-0.15, -0.1) is 24.8 Å². The van der Waals surface area contributed by atoms with Crippen LogP contribution in [0.5, 0.6) is 0 Å². The molecule has 1 aromatic carbocycles. The van der Waals surface area contributed by atoms with E-state index in [4.69, 9.17) is 5.11 Å². The Morgan fingerprint density at radius 3 is 2.30 bits per heavy atom. The Kier molecular flexibility index (Phi) is 8.81. The van der Waals surface area contributed by atoms with E-state index in [1.54, 1.807) is 6.92 Å². The molecule has 1 aliphatic heterocycles. The van der Waals surface area contributed by atoms with Gasteiger partial charge in [-0.1, -0.05) is 24.3 Å². The predicted octanol–water partition coefficient (Wildman–Crippen LogP) is 2.12. The number of benzene rings is 1. The lowest BCUT2D eigenvalue weighted by atomic mass is 10.00. The molecule has 6 heteroatoms. The molecular formula is C14H22Cl2N2O2. The largest absolute Gasteiger partial charge is 0.481 e. The molecular weight excluding hydrogens is 299 g/mol. The Bertz CT molecular complexity index is 406. The van der Waals surface area contributed by atoms with Crippen molar-refractivity contribution in [2.24, 2.45) is 0 Å². The number of carboxylic acids is 1. The molecule has 0 amide bonds. The van der Waals surface area contributed by atoms with Gasteiger partial charge in [-0.3, -0.25) is 9.69 Å². The fraction of sp³-hybridized carbons (Fsp3) is 0.500. The van der Waals surface area contributed by atoms with Gasteiger partial charge in [-0.25, -0.2) is 0 Å². The summed E-state index contributed by atoms with van der Waals surface area (Å²) in [6.07, 6.45) is 0. The van der Waals surface area contributed by atoms with E-state index in [1.165, 1.54) is 5.56 Å². The van der Waals surface area contributed by atoms with Crippen LogP contribution >= 0.6 is 24.8 Å². The van der Waals surface area contributed by atoms with Crippen LogP contribution in [-0.4, -0.2) is 42.2 Å². The van der Waals surface area contributed by atoms with Gasteiger partial charge in [0.15, 0.2) is 0 Å². The van der Waals surface area contributed by atoms with Gasteiger partial charge in [-0.2, -0.15) is 0 Å². The minimum atomic E-state index is -0.773. The first-order valence-electron chi connectivity index (χ1n) is 6.41. The number of hydrogen-bond donors (Lipinski definition) is 2. The molecule has 0 aromatic heterocycles. The zero-order chi connectivity index (χ0) is 13.0. The highest BCUT2D eigenvalue weighted by Gasteiger charge is 2.14. The second-order valence-corrected chi connectivity index (χ2v) is 4.83. The molecule has 2 N–H and O–H groups in total. The second-order valence-electron chi connectivity index (χ2n) is 4.83. The van der Waals surface area contributed by atoms with Gasteiger partial charge < -0.3 is 10.4 Å². The number of hydrogen-bond acceptors (Lipinski definition) is 3. The standard InChI is InChI=1S/C14H20N2O2.2ClH/c1-11(14(17)18)13-4-2-12(3-5-13)10-16-8-6-15-7-9-16;;/h2-5,11,15H,6-10H2,1H3,(H,17,18);2*1H. The Balaban J connectivity index is 0.00000180. The van der Waals surface area contributed by atoms with Crippen molar-refractivity contribution in [1.82, 2.24) is 10.2 Å². The van der Waals surface area contributed by atoms with E-state index < -0.39 is 11.9 Å². The monoisotopic (exact) mass is 320 g/mol. The van der Waals surface area contributed by atoms with Crippen LogP contribution in [0.4, 0.5) is 0 Å². The SMILES string of the molecule is CC(C(=O)O)c1ccc(CN2CCNCC2)cc1.Cl.Cl. The summed E-state index contributed by atoms with van der Waals surface area (Å²) in [5.41, 5.74) is 2.12. The summed E-state index contributed by atoms with van der Waals surface area (Å²) in [5, 5.41) is 12.3. The van der Waals surface area contributed by atoms with Crippen molar-refractivity contribution in [2.75, 3.05) is 26.2 Å². The van der Waals surface area contributed by atoms with Crippen molar-refractivity contribution < 1.29 is 9.90 Å². The zero-order valence-electron chi connectivity index (χ0n) is 11.5. The van der Waals surface area contributed by atoms with E-state index in [2.05, 4.69) is 10.2 Å². The van der Waals surface area contributed by atoms with E-state index in [0.717, 1.165) is 38.3 Å². The lowest BCUT2D eigenvalue weighted by Crippen LogP contribution is -2.42. The molecule has 0 aliphatic carbocycles. The number of nitrogens with zero attached hydrogens (tertiary/aromatic N) is 1. The quantitative estimate of drug-likeness (QED) is 0.892. The lowest BCUT2D eigenvalue weighted by Gasteiger charge is -2.27. The summed E-state index contributed by atoms with van der Waals surface area (Å²) in [5.74, 6) is -1.21. The lowest BCUT2D eigenvalue weighted by molar-refractivity contribution is -0.138. The van der Waals surface area contributed by atoms with E-state index >= 15 is 0 Å². The van der Waals surface area contributed by atoms with Gasteiger partial charge in [0.25, 0.3) is 0 Å². The number of carbonyl (C=O) groups is 1. The van der Waals surface area contributed by atoms with E-state index in [0.29, 0.717) is 0 Å². The van der Waals surface area contributed by atoms with Gasteiger partial charge in [-0.05, 0) is 18.1 Å². The Morgan fingerprint density at radius 2 is 1.80 bits per heavy atom. The summed E-state index contributed by atoms with van der Waals surface area (Å²) in [4.78, 5) is 13.3. The van der Waals surface area contributed by atoms with Gasteiger partial charge in [0.1, 0.15) is 0 Å². The van der Waals surface area contributed by atoms with Crippen LogP contribution in [0, 0.1) is 0 Å². The van der Waals surface area contributed by atoms with E-state index in [1.807, 2.05) is 24.3 Å². The Hall–Kier alpha value is -0.810. The average molecular weight is 321 g/mol. The van der Waals surface area contributed by atoms with Crippen molar-refractivity contribution in [1.29, 1.82) is 0 Å². The summed E-state index contributed by atoms with van der Waals surface area (Å²) in [6.45, 7) is 6.92. The first-order chi connectivity index (χ1) is 8.66. The molecule has 1 aliphatic rings. The van der Waals surface area contributed by atoms with Gasteiger partial charge in [0, 0.05) is 32.7 Å². The van der Waals surface area contributed by atoms with Crippen LogP contribution in [0.3, 0.4) is 0 Å². The van der Waals surface area contributed by atoms with Crippen molar-refractivity contribution in [3.8, 4) is 0 Å². The van der Waals surface area contributed by atoms with Crippen molar-refractivity contribution in [3.05, 3.63) is 35.4 Å². The number of piperazine rings is 1. The highest BCUT2D eigenvalue weighted by molar-refractivity contribution is 5.85. The molecule has 0 spiro atoms. The van der Waals surface area contributed by atoms with Crippen molar-refractivity contribution in [3.63, 3.8) is 0 Å². The molecule has 1 unspecified atom stereocenters. The highest BCUT2D eigenvalue weighted by Crippen LogP contribution is 2.16. The predicted molar refractivity (Wildman–Crippen MR) is 85.1 cm³/mol. The summed E-state index contributed by atoms with van der Waals surface area (Å²) in [7, 11) is 0. The first kappa shape index (κ1) is 19.2. The smallest absolute Gasteiger partial charge is 0.310 e. The molecule has 1 saturated heterocycles. The summed E-state index contributed by atoms with van der Waals surface area (Å²) in [6, 6.07) is 7.93. The number of carboxylic acid groups (broad SMARTS) is 1. The van der Waals surface area contributed by atoms with Crippen LogP contribution in [0.15, 0.2) is 24.3 Å². The van der Waals surface area contributed by atoms with Gasteiger partial charge >= 0.3 is 5.97 Å². The number of nitrogens with one attached hydrogen (secondary N) is 1.